The average molecular weight is 367 g/mol. The van der Waals surface area contributed by atoms with Crippen molar-refractivity contribution in [3.8, 4) is 11.5 Å². The topological polar surface area (TPSA) is 63.7 Å². The fourth-order valence-corrected chi connectivity index (χ4v) is 3.30. The predicted molar refractivity (Wildman–Crippen MR) is 108 cm³/mol. The zero-order valence-corrected chi connectivity index (χ0v) is 16.0. The number of aromatic nitrogens is 1. The molecule has 1 aliphatic heterocycles. The van der Waals surface area contributed by atoms with E-state index in [1.807, 2.05) is 31.2 Å². The second-order valence-corrected chi connectivity index (χ2v) is 6.32. The lowest BCUT2D eigenvalue weighted by atomic mass is 10.1. The molecule has 1 saturated heterocycles. The van der Waals surface area contributed by atoms with Crippen LogP contribution in [0.15, 0.2) is 36.5 Å². The highest BCUT2D eigenvalue weighted by molar-refractivity contribution is 6.06. The highest BCUT2D eigenvalue weighted by Crippen LogP contribution is 2.34. The molecule has 1 aliphatic rings. The maximum absolute atomic E-state index is 12.9. The summed E-state index contributed by atoms with van der Waals surface area (Å²) in [7, 11) is 3.15. The number of rotatable bonds is 6. The van der Waals surface area contributed by atoms with Gasteiger partial charge in [-0.1, -0.05) is 12.2 Å². The molecule has 6 nitrogen and oxygen atoms in total. The van der Waals surface area contributed by atoms with Crippen LogP contribution in [0.2, 0.25) is 0 Å². The van der Waals surface area contributed by atoms with Gasteiger partial charge in [-0.05, 0) is 44.0 Å². The third-order valence-corrected chi connectivity index (χ3v) is 4.56. The molecular formula is C21H25N3O3. The van der Waals surface area contributed by atoms with E-state index in [-0.39, 0.29) is 5.91 Å². The SMILES string of the molecule is C/C=C\c1cc(C(=O)Nc2cccnc2N2CCCC2)cc(OC)c1OC. The van der Waals surface area contributed by atoms with Gasteiger partial charge in [0.05, 0.1) is 19.9 Å². The highest BCUT2D eigenvalue weighted by Gasteiger charge is 2.20. The lowest BCUT2D eigenvalue weighted by molar-refractivity contribution is 0.102. The van der Waals surface area contributed by atoms with Gasteiger partial charge < -0.3 is 19.7 Å². The van der Waals surface area contributed by atoms with Gasteiger partial charge in [0.1, 0.15) is 0 Å². The van der Waals surface area contributed by atoms with Crippen LogP contribution in [-0.2, 0) is 0 Å². The number of carbonyl (C=O) groups is 1. The van der Waals surface area contributed by atoms with Gasteiger partial charge >= 0.3 is 0 Å². The molecular weight excluding hydrogens is 342 g/mol. The first-order valence-electron chi connectivity index (χ1n) is 9.08. The number of anilines is 2. The van der Waals surface area contributed by atoms with Crippen LogP contribution >= 0.6 is 0 Å². The molecule has 27 heavy (non-hydrogen) atoms. The van der Waals surface area contributed by atoms with Gasteiger partial charge in [0.2, 0.25) is 0 Å². The zero-order chi connectivity index (χ0) is 19.2. The Balaban J connectivity index is 1.92. The summed E-state index contributed by atoms with van der Waals surface area (Å²) in [5.41, 5.74) is 2.00. The van der Waals surface area contributed by atoms with Crippen molar-refractivity contribution in [2.45, 2.75) is 19.8 Å². The number of amides is 1. The number of carbonyl (C=O) groups excluding carboxylic acids is 1. The van der Waals surface area contributed by atoms with Crippen molar-refractivity contribution in [2.24, 2.45) is 0 Å². The number of allylic oxidation sites excluding steroid dienone is 1. The van der Waals surface area contributed by atoms with Crippen LogP contribution in [0.5, 0.6) is 11.5 Å². The van der Waals surface area contributed by atoms with Crippen molar-refractivity contribution < 1.29 is 14.3 Å². The van der Waals surface area contributed by atoms with Crippen molar-refractivity contribution in [1.29, 1.82) is 0 Å². The summed E-state index contributed by atoms with van der Waals surface area (Å²) in [5.74, 6) is 1.73. The molecule has 0 bridgehead atoms. The average Bonchev–Trinajstić information content (AvgIpc) is 3.22. The maximum atomic E-state index is 12.9. The molecule has 0 aliphatic carbocycles. The summed E-state index contributed by atoms with van der Waals surface area (Å²) in [4.78, 5) is 19.6. The Morgan fingerprint density at radius 1 is 1.22 bits per heavy atom. The van der Waals surface area contributed by atoms with Gasteiger partial charge in [0, 0.05) is 30.4 Å². The van der Waals surface area contributed by atoms with E-state index >= 15 is 0 Å². The Hall–Kier alpha value is -3.02. The second-order valence-electron chi connectivity index (χ2n) is 6.32. The van der Waals surface area contributed by atoms with Crippen molar-refractivity contribution in [2.75, 3.05) is 37.5 Å². The fourth-order valence-electron chi connectivity index (χ4n) is 3.30. The van der Waals surface area contributed by atoms with Gasteiger partial charge in [-0.2, -0.15) is 0 Å². The Morgan fingerprint density at radius 3 is 2.67 bits per heavy atom. The first-order valence-corrected chi connectivity index (χ1v) is 9.08. The Morgan fingerprint density at radius 2 is 2.00 bits per heavy atom. The van der Waals surface area contributed by atoms with Gasteiger partial charge in [-0.25, -0.2) is 4.98 Å². The van der Waals surface area contributed by atoms with E-state index in [9.17, 15) is 4.79 Å². The van der Waals surface area contributed by atoms with Crippen molar-refractivity contribution in [1.82, 2.24) is 4.98 Å². The lowest BCUT2D eigenvalue weighted by Gasteiger charge is -2.20. The molecule has 1 aromatic carbocycles. The van der Waals surface area contributed by atoms with Gasteiger partial charge in [-0.3, -0.25) is 4.79 Å². The van der Waals surface area contributed by atoms with Crippen molar-refractivity contribution in [3.05, 3.63) is 47.7 Å². The van der Waals surface area contributed by atoms with Crippen molar-refractivity contribution >= 4 is 23.5 Å². The normalized spacial score (nSPS) is 13.8. The van der Waals surface area contributed by atoms with Crippen LogP contribution in [0.1, 0.15) is 35.7 Å². The van der Waals surface area contributed by atoms with E-state index in [0.717, 1.165) is 37.3 Å². The number of hydrogen-bond acceptors (Lipinski definition) is 5. The number of methoxy groups -OCH3 is 2. The summed E-state index contributed by atoms with van der Waals surface area (Å²) in [5, 5.41) is 3.00. The minimum atomic E-state index is -0.213. The molecule has 0 radical (unpaired) electrons. The largest absolute Gasteiger partial charge is 0.493 e. The summed E-state index contributed by atoms with van der Waals surface area (Å²) in [6.45, 7) is 3.83. The number of ether oxygens (including phenoxy) is 2. The second kappa shape index (κ2) is 8.58. The molecule has 6 heteroatoms. The number of hydrogen-bond donors (Lipinski definition) is 1. The van der Waals surface area contributed by atoms with Crippen LogP contribution in [0.3, 0.4) is 0 Å². The maximum Gasteiger partial charge on any atom is 0.255 e. The van der Waals surface area contributed by atoms with Crippen LogP contribution < -0.4 is 19.7 Å². The quantitative estimate of drug-likeness (QED) is 0.836. The third-order valence-electron chi connectivity index (χ3n) is 4.56. The van der Waals surface area contributed by atoms with Crippen molar-refractivity contribution in [3.63, 3.8) is 0 Å². The van der Waals surface area contributed by atoms with Crippen LogP contribution in [0, 0.1) is 0 Å². The minimum absolute atomic E-state index is 0.213. The molecule has 1 N–H and O–H groups in total. The molecule has 2 aromatic rings. The predicted octanol–water partition coefficient (Wildman–Crippen LogP) is 3.98. The van der Waals surface area contributed by atoms with Gasteiger partial charge in [0.25, 0.3) is 5.91 Å². The molecule has 0 atom stereocenters. The molecule has 2 heterocycles. The van der Waals surface area contributed by atoms with Gasteiger partial charge in [-0.15, -0.1) is 0 Å². The third kappa shape index (κ3) is 4.05. The number of nitrogens with zero attached hydrogens (tertiary/aromatic N) is 2. The van der Waals surface area contributed by atoms with Crippen LogP contribution in [0.25, 0.3) is 6.08 Å². The van der Waals surface area contributed by atoms with Gasteiger partial charge in [0.15, 0.2) is 17.3 Å². The van der Waals surface area contributed by atoms with E-state index in [2.05, 4.69) is 15.2 Å². The fraction of sp³-hybridized carbons (Fsp3) is 0.333. The molecule has 1 amide bonds. The highest BCUT2D eigenvalue weighted by atomic mass is 16.5. The lowest BCUT2D eigenvalue weighted by Crippen LogP contribution is -2.22. The Labute approximate surface area is 159 Å². The first-order chi connectivity index (χ1) is 13.2. The molecule has 1 fully saturated rings. The number of benzene rings is 1. The summed E-state index contributed by atoms with van der Waals surface area (Å²) in [6, 6.07) is 7.19. The van der Waals surface area contributed by atoms with E-state index in [1.54, 1.807) is 32.5 Å². The van der Waals surface area contributed by atoms with E-state index in [1.165, 1.54) is 0 Å². The minimum Gasteiger partial charge on any atom is -0.493 e. The molecule has 3 rings (SSSR count). The molecule has 142 valence electrons. The summed E-state index contributed by atoms with van der Waals surface area (Å²) in [6.07, 6.45) is 7.83. The summed E-state index contributed by atoms with van der Waals surface area (Å²) >= 11 is 0. The Bertz CT molecular complexity index is 843. The molecule has 1 aromatic heterocycles. The smallest absolute Gasteiger partial charge is 0.255 e. The zero-order valence-electron chi connectivity index (χ0n) is 16.0. The monoisotopic (exact) mass is 367 g/mol. The van der Waals surface area contributed by atoms with Crippen LogP contribution in [-0.4, -0.2) is 38.2 Å². The molecule has 0 saturated carbocycles. The summed E-state index contributed by atoms with van der Waals surface area (Å²) < 4.78 is 10.8. The van der Waals surface area contributed by atoms with E-state index in [0.29, 0.717) is 22.7 Å². The van der Waals surface area contributed by atoms with E-state index < -0.39 is 0 Å². The molecule has 0 spiro atoms. The number of nitrogens with one attached hydrogen (secondary N) is 1. The standard InChI is InChI=1S/C21H25N3O3/c1-4-8-15-13-16(14-18(26-2)19(15)27-3)21(25)23-17-9-7-10-22-20(17)24-11-5-6-12-24/h4,7-10,13-14H,5-6,11-12H2,1-3H3,(H,23,25)/b8-4-. The first kappa shape index (κ1) is 18.8. The van der Waals surface area contributed by atoms with E-state index in [4.69, 9.17) is 9.47 Å². The Kier molecular flexibility index (Phi) is 5.96. The van der Waals surface area contributed by atoms with Crippen LogP contribution in [0.4, 0.5) is 11.5 Å². The number of pyridine rings is 1. The molecule has 0 unspecified atom stereocenters.